The van der Waals surface area contributed by atoms with Gasteiger partial charge < -0.3 is 14.5 Å². The fourth-order valence-corrected chi connectivity index (χ4v) is 2.46. The van der Waals surface area contributed by atoms with Crippen LogP contribution in [0.2, 0.25) is 0 Å². The normalized spacial score (nSPS) is 18.0. The van der Waals surface area contributed by atoms with Crippen molar-refractivity contribution < 1.29 is 9.53 Å². The summed E-state index contributed by atoms with van der Waals surface area (Å²) in [5.41, 5.74) is 0.595. The number of aromatic nitrogens is 2. The molecule has 1 aromatic heterocycles. The Morgan fingerprint density at radius 1 is 1.57 bits per heavy atom. The van der Waals surface area contributed by atoms with E-state index in [2.05, 4.69) is 9.97 Å². The molecule has 1 saturated heterocycles. The number of likely N-dealkylation sites (tertiary alicyclic amines) is 1. The van der Waals surface area contributed by atoms with Crippen LogP contribution < -0.4 is 10.5 Å². The van der Waals surface area contributed by atoms with Gasteiger partial charge in [0, 0.05) is 46.3 Å². The van der Waals surface area contributed by atoms with Crippen LogP contribution >= 0.6 is 0 Å². The number of hydrogen-bond donors (Lipinski definition) is 1. The van der Waals surface area contributed by atoms with E-state index in [1.165, 1.54) is 6.07 Å². The first kappa shape index (κ1) is 15.5. The van der Waals surface area contributed by atoms with E-state index in [1.807, 2.05) is 19.0 Å². The van der Waals surface area contributed by atoms with Crippen molar-refractivity contribution in [3.8, 4) is 0 Å². The fraction of sp³-hybridized carbons (Fsp3) is 0.643. The minimum absolute atomic E-state index is 0.0945. The molecule has 1 unspecified atom stereocenters. The number of carbonyl (C=O) groups is 1. The van der Waals surface area contributed by atoms with Crippen molar-refractivity contribution in [1.82, 2.24) is 14.9 Å². The first-order valence-corrected chi connectivity index (χ1v) is 7.06. The van der Waals surface area contributed by atoms with E-state index in [0.29, 0.717) is 32.1 Å². The second-order valence-electron chi connectivity index (χ2n) is 5.46. The van der Waals surface area contributed by atoms with Gasteiger partial charge in [0.1, 0.15) is 0 Å². The Balaban J connectivity index is 2.07. The summed E-state index contributed by atoms with van der Waals surface area (Å²) >= 11 is 0. The first-order valence-electron chi connectivity index (χ1n) is 7.06. The summed E-state index contributed by atoms with van der Waals surface area (Å²) in [6.45, 7) is 1.76. The molecule has 0 bridgehead atoms. The number of nitrogens with zero attached hydrogens (tertiary/aromatic N) is 3. The molecule has 1 aliphatic rings. The maximum absolute atomic E-state index is 12.0. The third kappa shape index (κ3) is 3.81. The molecule has 2 rings (SSSR count). The Kier molecular flexibility index (Phi) is 4.95. The number of rotatable bonds is 5. The van der Waals surface area contributed by atoms with Crippen molar-refractivity contribution in [3.63, 3.8) is 0 Å². The molecule has 1 atom stereocenters. The molecule has 0 spiro atoms. The number of amides is 1. The summed E-state index contributed by atoms with van der Waals surface area (Å²) in [4.78, 5) is 34.4. The van der Waals surface area contributed by atoms with E-state index in [1.54, 1.807) is 12.0 Å². The zero-order valence-corrected chi connectivity index (χ0v) is 12.8. The summed E-state index contributed by atoms with van der Waals surface area (Å²) < 4.78 is 4.93. The Morgan fingerprint density at radius 3 is 3.00 bits per heavy atom. The fourth-order valence-electron chi connectivity index (χ4n) is 2.46. The largest absolute Gasteiger partial charge is 0.384 e. The smallest absolute Gasteiger partial charge is 0.252 e. The van der Waals surface area contributed by atoms with Crippen LogP contribution in [-0.4, -0.2) is 61.7 Å². The Labute approximate surface area is 123 Å². The van der Waals surface area contributed by atoms with Crippen LogP contribution in [0.3, 0.4) is 0 Å². The number of methoxy groups -OCH3 is 1. The summed E-state index contributed by atoms with van der Waals surface area (Å²) in [6, 6.07) is 1.53. The quantitative estimate of drug-likeness (QED) is 0.838. The lowest BCUT2D eigenvalue weighted by Gasteiger charge is -2.17. The van der Waals surface area contributed by atoms with Gasteiger partial charge in [-0.1, -0.05) is 0 Å². The molecule has 21 heavy (non-hydrogen) atoms. The first-order chi connectivity index (χ1) is 10.0. The second kappa shape index (κ2) is 6.71. The molecule has 1 aliphatic heterocycles. The van der Waals surface area contributed by atoms with Gasteiger partial charge in [-0.2, -0.15) is 0 Å². The van der Waals surface area contributed by atoms with Gasteiger partial charge in [-0.3, -0.25) is 14.6 Å². The number of hydrogen-bond acceptors (Lipinski definition) is 5. The van der Waals surface area contributed by atoms with Crippen LogP contribution in [0.4, 0.5) is 5.95 Å². The highest BCUT2D eigenvalue weighted by molar-refractivity contribution is 5.76. The third-order valence-electron chi connectivity index (χ3n) is 3.65. The molecule has 1 fully saturated rings. The van der Waals surface area contributed by atoms with E-state index >= 15 is 0 Å². The molecule has 2 heterocycles. The van der Waals surface area contributed by atoms with Crippen molar-refractivity contribution in [2.24, 2.45) is 0 Å². The highest BCUT2D eigenvalue weighted by Crippen LogP contribution is 2.26. The highest BCUT2D eigenvalue weighted by atomic mass is 16.5. The third-order valence-corrected chi connectivity index (χ3v) is 3.65. The average Bonchev–Trinajstić information content (AvgIpc) is 2.94. The van der Waals surface area contributed by atoms with E-state index in [9.17, 15) is 9.59 Å². The van der Waals surface area contributed by atoms with Crippen molar-refractivity contribution in [2.75, 3.05) is 45.8 Å². The predicted octanol–water partition coefficient (Wildman–Crippen LogP) is 0.188. The van der Waals surface area contributed by atoms with Crippen LogP contribution in [0, 0.1) is 0 Å². The molecule has 0 aromatic carbocycles. The lowest BCUT2D eigenvalue weighted by Crippen LogP contribution is -2.29. The molecule has 116 valence electrons. The summed E-state index contributed by atoms with van der Waals surface area (Å²) in [7, 11) is 5.25. The lowest BCUT2D eigenvalue weighted by molar-refractivity contribution is -0.131. The molecule has 1 N–H and O–H groups in total. The summed E-state index contributed by atoms with van der Waals surface area (Å²) in [6.07, 6.45) is 1.23. The SMILES string of the molecule is COCCC(=O)N1CCC(c2cc(=O)[nH]c(N(C)C)n2)C1. The van der Waals surface area contributed by atoms with Gasteiger partial charge in [0.25, 0.3) is 5.56 Å². The maximum atomic E-state index is 12.0. The highest BCUT2D eigenvalue weighted by Gasteiger charge is 2.28. The van der Waals surface area contributed by atoms with Crippen molar-refractivity contribution in [2.45, 2.75) is 18.8 Å². The lowest BCUT2D eigenvalue weighted by atomic mass is 10.1. The number of anilines is 1. The van der Waals surface area contributed by atoms with Crippen LogP contribution in [-0.2, 0) is 9.53 Å². The number of aromatic amines is 1. The van der Waals surface area contributed by atoms with E-state index < -0.39 is 0 Å². The zero-order chi connectivity index (χ0) is 15.4. The van der Waals surface area contributed by atoms with Crippen LogP contribution in [0.15, 0.2) is 10.9 Å². The van der Waals surface area contributed by atoms with E-state index in [0.717, 1.165) is 12.1 Å². The minimum atomic E-state index is -0.159. The Bertz CT molecular complexity index is 555. The summed E-state index contributed by atoms with van der Waals surface area (Å²) in [5, 5.41) is 0. The van der Waals surface area contributed by atoms with Crippen LogP contribution in [0.5, 0.6) is 0 Å². The topological polar surface area (TPSA) is 78.5 Å². The van der Waals surface area contributed by atoms with Crippen LogP contribution in [0.1, 0.15) is 24.5 Å². The Morgan fingerprint density at radius 2 is 2.33 bits per heavy atom. The number of H-pyrrole nitrogens is 1. The molecular weight excluding hydrogens is 272 g/mol. The van der Waals surface area contributed by atoms with Crippen LogP contribution in [0.25, 0.3) is 0 Å². The molecule has 0 aliphatic carbocycles. The minimum Gasteiger partial charge on any atom is -0.384 e. The molecule has 7 nitrogen and oxygen atoms in total. The van der Waals surface area contributed by atoms with Gasteiger partial charge in [0.05, 0.1) is 18.7 Å². The molecule has 0 saturated carbocycles. The number of carbonyl (C=O) groups excluding carboxylic acids is 1. The second-order valence-corrected chi connectivity index (χ2v) is 5.46. The van der Waals surface area contributed by atoms with Gasteiger partial charge in [0.2, 0.25) is 11.9 Å². The van der Waals surface area contributed by atoms with Crippen molar-refractivity contribution in [3.05, 3.63) is 22.1 Å². The molecule has 7 heteroatoms. The van der Waals surface area contributed by atoms with Gasteiger partial charge in [0.15, 0.2) is 0 Å². The van der Waals surface area contributed by atoms with Crippen molar-refractivity contribution in [1.29, 1.82) is 0 Å². The Hall–Kier alpha value is -1.89. The predicted molar refractivity (Wildman–Crippen MR) is 79.6 cm³/mol. The van der Waals surface area contributed by atoms with Gasteiger partial charge in [-0.05, 0) is 6.42 Å². The molecular formula is C14H22N4O3. The monoisotopic (exact) mass is 294 g/mol. The number of ether oxygens (including phenoxy) is 1. The maximum Gasteiger partial charge on any atom is 0.252 e. The van der Waals surface area contributed by atoms with E-state index in [-0.39, 0.29) is 17.4 Å². The van der Waals surface area contributed by atoms with E-state index in [4.69, 9.17) is 4.74 Å². The zero-order valence-electron chi connectivity index (χ0n) is 12.8. The average molecular weight is 294 g/mol. The molecule has 0 radical (unpaired) electrons. The van der Waals surface area contributed by atoms with Gasteiger partial charge >= 0.3 is 0 Å². The van der Waals surface area contributed by atoms with Gasteiger partial charge in [-0.15, -0.1) is 0 Å². The molecule has 1 amide bonds. The summed E-state index contributed by atoms with van der Waals surface area (Å²) in [5.74, 6) is 0.760. The van der Waals surface area contributed by atoms with Gasteiger partial charge in [-0.25, -0.2) is 4.98 Å². The molecule has 1 aromatic rings. The number of nitrogens with one attached hydrogen (secondary N) is 1. The van der Waals surface area contributed by atoms with Crippen molar-refractivity contribution >= 4 is 11.9 Å². The standard InChI is InChI=1S/C14H22N4O3/c1-17(2)14-15-11(8-12(19)16-14)10-4-6-18(9-10)13(20)5-7-21-3/h8,10H,4-7,9H2,1-3H3,(H,15,16,19).